The number of ether oxygens (including phenoxy) is 1. The Balaban J connectivity index is 1.53. The first-order valence-corrected chi connectivity index (χ1v) is 11.1. The molecule has 5 heteroatoms. The van der Waals surface area contributed by atoms with Crippen molar-refractivity contribution < 1.29 is 22.3 Å². The van der Waals surface area contributed by atoms with Gasteiger partial charge in [-0.05, 0) is 72.3 Å². The fourth-order valence-electron chi connectivity index (χ4n) is 3.54. The van der Waals surface area contributed by atoms with Gasteiger partial charge in [0.2, 0.25) is 0 Å². The van der Waals surface area contributed by atoms with E-state index >= 15 is 4.39 Å². The van der Waals surface area contributed by atoms with Crippen molar-refractivity contribution in [1.29, 1.82) is 0 Å². The van der Waals surface area contributed by atoms with Gasteiger partial charge in [-0.2, -0.15) is 8.78 Å². The Labute approximate surface area is 207 Å². The van der Waals surface area contributed by atoms with Crippen molar-refractivity contribution in [3.8, 4) is 29.4 Å². The zero-order chi connectivity index (χ0) is 25.5. The van der Waals surface area contributed by atoms with Crippen molar-refractivity contribution in [1.82, 2.24) is 0 Å². The van der Waals surface area contributed by atoms with Gasteiger partial charge in [-0.15, -0.1) is 6.58 Å². The van der Waals surface area contributed by atoms with E-state index in [1.54, 1.807) is 24.3 Å². The molecule has 0 atom stereocenters. The van der Waals surface area contributed by atoms with Crippen LogP contribution in [0.5, 0.6) is 5.75 Å². The number of aryl methyl sites for hydroxylation is 1. The largest absolute Gasteiger partial charge is 0.432 e. The van der Waals surface area contributed by atoms with Gasteiger partial charge in [0, 0.05) is 22.1 Å². The first-order valence-electron chi connectivity index (χ1n) is 11.1. The number of rotatable bonds is 5. The summed E-state index contributed by atoms with van der Waals surface area (Å²) in [6, 6.07) is 19.9. The highest BCUT2D eigenvalue weighted by atomic mass is 19.3. The molecule has 0 amide bonds. The lowest BCUT2D eigenvalue weighted by Gasteiger charge is -2.05. The third-order valence-electron chi connectivity index (χ3n) is 5.39. The molecule has 178 valence electrons. The smallest absolute Gasteiger partial charge is 0.387 e. The molecule has 0 unspecified atom stereocenters. The highest BCUT2D eigenvalue weighted by Gasteiger charge is 2.10. The Kier molecular flexibility index (Phi) is 7.73. The third-order valence-corrected chi connectivity index (χ3v) is 5.39. The molecule has 0 heterocycles. The average Bonchev–Trinajstić information content (AvgIpc) is 2.87. The lowest BCUT2D eigenvalue weighted by Crippen LogP contribution is -2.03. The Morgan fingerprint density at radius 2 is 1.44 bits per heavy atom. The molecule has 0 radical (unpaired) electrons. The van der Waals surface area contributed by atoms with E-state index in [0.717, 1.165) is 36.1 Å². The molecule has 4 rings (SSSR count). The monoisotopic (exact) mass is 484 g/mol. The summed E-state index contributed by atoms with van der Waals surface area (Å²) in [6.07, 6.45) is 3.76. The lowest BCUT2D eigenvalue weighted by atomic mass is 10.0. The maximum atomic E-state index is 15.0. The maximum absolute atomic E-state index is 15.0. The van der Waals surface area contributed by atoms with Crippen molar-refractivity contribution in [2.24, 2.45) is 0 Å². The van der Waals surface area contributed by atoms with Crippen LogP contribution >= 0.6 is 0 Å². The molecule has 0 aromatic heterocycles. The van der Waals surface area contributed by atoms with Gasteiger partial charge in [-0.3, -0.25) is 0 Å². The highest BCUT2D eigenvalue weighted by Crippen LogP contribution is 2.23. The average molecular weight is 484 g/mol. The van der Waals surface area contributed by atoms with Crippen LogP contribution in [0, 0.1) is 35.3 Å². The standard InChI is InChI=1S/C31H20F4O/c1-2-3-4-21-5-7-22(8-6-21)9-10-23-12-17-27-26(19-23)16-15-25(30(27)33)14-11-24-13-18-29(28(32)20-24)36-31(34)35/h2,5-8,12-13,15-20,31H,1,3-4H2. The van der Waals surface area contributed by atoms with Gasteiger partial charge in [-0.25, -0.2) is 8.78 Å². The summed E-state index contributed by atoms with van der Waals surface area (Å²) < 4.78 is 57.5. The van der Waals surface area contributed by atoms with E-state index in [-0.39, 0.29) is 11.1 Å². The molecule has 0 N–H and O–H groups in total. The molecular weight excluding hydrogens is 464 g/mol. The summed E-state index contributed by atoms with van der Waals surface area (Å²) in [5.41, 5.74) is 3.19. The molecule has 0 saturated carbocycles. The van der Waals surface area contributed by atoms with E-state index in [2.05, 4.69) is 35.0 Å². The summed E-state index contributed by atoms with van der Waals surface area (Å²) in [6.45, 7) is 0.603. The normalized spacial score (nSPS) is 10.4. The van der Waals surface area contributed by atoms with Gasteiger partial charge < -0.3 is 4.74 Å². The van der Waals surface area contributed by atoms with Gasteiger partial charge in [0.15, 0.2) is 11.6 Å². The zero-order valence-corrected chi connectivity index (χ0v) is 19.1. The second-order valence-electron chi connectivity index (χ2n) is 7.91. The van der Waals surface area contributed by atoms with Crippen LogP contribution in [0.1, 0.15) is 34.2 Å². The second kappa shape index (κ2) is 11.3. The molecule has 0 spiro atoms. The fraction of sp³-hybridized carbons (Fsp3) is 0.0968. The molecule has 0 saturated heterocycles. The van der Waals surface area contributed by atoms with Crippen LogP contribution in [0.2, 0.25) is 0 Å². The molecule has 36 heavy (non-hydrogen) atoms. The molecule has 0 aliphatic rings. The number of benzene rings is 4. The topological polar surface area (TPSA) is 9.23 Å². The molecule has 0 fully saturated rings. The number of halogens is 4. The van der Waals surface area contributed by atoms with Crippen LogP contribution < -0.4 is 4.74 Å². The zero-order valence-electron chi connectivity index (χ0n) is 19.1. The molecule has 4 aromatic carbocycles. The van der Waals surface area contributed by atoms with Crippen molar-refractivity contribution in [3.63, 3.8) is 0 Å². The van der Waals surface area contributed by atoms with Crippen molar-refractivity contribution in [2.45, 2.75) is 19.5 Å². The Hall–Kier alpha value is -4.48. The van der Waals surface area contributed by atoms with Crippen molar-refractivity contribution in [3.05, 3.63) is 125 Å². The van der Waals surface area contributed by atoms with Gasteiger partial charge in [0.05, 0.1) is 5.56 Å². The summed E-state index contributed by atoms with van der Waals surface area (Å²) in [4.78, 5) is 0. The van der Waals surface area contributed by atoms with E-state index in [9.17, 15) is 13.2 Å². The molecule has 0 aliphatic heterocycles. The van der Waals surface area contributed by atoms with E-state index in [1.165, 1.54) is 17.7 Å². The van der Waals surface area contributed by atoms with Crippen molar-refractivity contribution in [2.75, 3.05) is 0 Å². The molecule has 0 aliphatic carbocycles. The van der Waals surface area contributed by atoms with E-state index in [1.807, 2.05) is 30.3 Å². The number of alkyl halides is 2. The van der Waals surface area contributed by atoms with Crippen LogP contribution in [-0.2, 0) is 6.42 Å². The van der Waals surface area contributed by atoms with Crippen LogP contribution in [0.15, 0.2) is 85.5 Å². The Morgan fingerprint density at radius 3 is 2.17 bits per heavy atom. The minimum absolute atomic E-state index is 0.131. The first-order chi connectivity index (χ1) is 17.4. The van der Waals surface area contributed by atoms with Crippen LogP contribution in [0.4, 0.5) is 17.6 Å². The minimum atomic E-state index is -3.13. The maximum Gasteiger partial charge on any atom is 0.387 e. The number of allylic oxidation sites excluding steroid dienone is 1. The molecular formula is C31H20F4O. The Bertz CT molecular complexity index is 1530. The van der Waals surface area contributed by atoms with Crippen LogP contribution in [0.3, 0.4) is 0 Å². The predicted octanol–water partition coefficient (Wildman–Crippen LogP) is 7.64. The molecule has 0 bridgehead atoms. The Morgan fingerprint density at radius 1 is 0.778 bits per heavy atom. The quantitative estimate of drug-likeness (QED) is 0.161. The van der Waals surface area contributed by atoms with Gasteiger partial charge in [0.25, 0.3) is 0 Å². The van der Waals surface area contributed by atoms with Crippen LogP contribution in [0.25, 0.3) is 10.8 Å². The summed E-state index contributed by atoms with van der Waals surface area (Å²) in [7, 11) is 0. The second-order valence-corrected chi connectivity index (χ2v) is 7.91. The fourth-order valence-corrected chi connectivity index (χ4v) is 3.54. The lowest BCUT2D eigenvalue weighted by molar-refractivity contribution is -0.0521. The van der Waals surface area contributed by atoms with E-state index < -0.39 is 24.0 Å². The summed E-state index contributed by atoms with van der Waals surface area (Å²) >= 11 is 0. The van der Waals surface area contributed by atoms with Crippen LogP contribution in [-0.4, -0.2) is 6.61 Å². The number of hydrogen-bond acceptors (Lipinski definition) is 1. The van der Waals surface area contributed by atoms with Gasteiger partial charge >= 0.3 is 6.61 Å². The van der Waals surface area contributed by atoms with Gasteiger partial charge in [-0.1, -0.05) is 54.0 Å². The SMILES string of the molecule is C=CCCc1ccc(C#Cc2ccc3c(F)c(C#Cc4ccc(OC(F)F)c(F)c4)ccc3c2)cc1. The number of fused-ring (bicyclic) bond motifs is 1. The summed E-state index contributed by atoms with van der Waals surface area (Å²) in [5.74, 6) is 9.50. The van der Waals surface area contributed by atoms with E-state index in [0.29, 0.717) is 10.8 Å². The van der Waals surface area contributed by atoms with Crippen molar-refractivity contribution >= 4 is 10.8 Å². The third kappa shape index (κ3) is 6.14. The predicted molar refractivity (Wildman–Crippen MR) is 134 cm³/mol. The van der Waals surface area contributed by atoms with E-state index in [4.69, 9.17) is 0 Å². The van der Waals surface area contributed by atoms with Gasteiger partial charge in [0.1, 0.15) is 5.82 Å². The molecule has 1 nitrogen and oxygen atoms in total. The minimum Gasteiger partial charge on any atom is -0.432 e. The number of hydrogen-bond donors (Lipinski definition) is 0. The summed E-state index contributed by atoms with van der Waals surface area (Å²) in [5, 5.41) is 1.05. The highest BCUT2D eigenvalue weighted by molar-refractivity contribution is 5.86. The first kappa shape index (κ1) is 24.6. The molecule has 4 aromatic rings.